The molecule has 0 heterocycles. The van der Waals surface area contributed by atoms with Gasteiger partial charge >= 0.3 is 0 Å². The van der Waals surface area contributed by atoms with E-state index in [1.165, 1.54) is 12.1 Å². The highest BCUT2D eigenvalue weighted by atomic mass is 35.5. The van der Waals surface area contributed by atoms with Crippen LogP contribution in [0.5, 0.6) is 11.5 Å². The predicted molar refractivity (Wildman–Crippen MR) is 103 cm³/mol. The van der Waals surface area contributed by atoms with E-state index in [1.807, 2.05) is 19.9 Å². The van der Waals surface area contributed by atoms with Crippen molar-refractivity contribution in [3.8, 4) is 11.5 Å². The number of ether oxygens (including phenoxy) is 2. The molecule has 1 N–H and O–H groups in total. The number of hydrogen-bond acceptors (Lipinski definition) is 5. The number of amides is 1. The lowest BCUT2D eigenvalue weighted by atomic mass is 10.1. The fourth-order valence-corrected chi connectivity index (χ4v) is 2.70. The molecule has 0 radical (unpaired) electrons. The monoisotopic (exact) mass is 392 g/mol. The van der Waals surface area contributed by atoms with E-state index in [2.05, 4.69) is 5.32 Å². The third-order valence-electron chi connectivity index (χ3n) is 3.82. The standard InChI is InChI=1S/C19H21ClN2O5/c1-4-26-17-9-6-13(10-18(17)27-5-2)12(3)21-19(23)15-11-14(22(24)25)7-8-16(15)20/h6-12H,4-5H2,1-3H3,(H,21,23)/t12-/m1/s1. The molecule has 27 heavy (non-hydrogen) atoms. The van der Waals surface area contributed by atoms with Crippen molar-refractivity contribution in [2.45, 2.75) is 26.8 Å². The Labute approximate surface area is 162 Å². The number of benzene rings is 2. The average molecular weight is 393 g/mol. The second-order valence-electron chi connectivity index (χ2n) is 5.69. The Morgan fingerprint density at radius 2 is 1.81 bits per heavy atom. The summed E-state index contributed by atoms with van der Waals surface area (Å²) < 4.78 is 11.1. The van der Waals surface area contributed by atoms with Gasteiger partial charge in [0.15, 0.2) is 11.5 Å². The van der Waals surface area contributed by atoms with Gasteiger partial charge in [-0.1, -0.05) is 17.7 Å². The molecule has 0 spiro atoms. The molecule has 144 valence electrons. The van der Waals surface area contributed by atoms with Gasteiger partial charge < -0.3 is 14.8 Å². The van der Waals surface area contributed by atoms with E-state index in [9.17, 15) is 14.9 Å². The molecule has 0 aliphatic carbocycles. The molecule has 8 heteroatoms. The zero-order valence-corrected chi connectivity index (χ0v) is 16.1. The van der Waals surface area contributed by atoms with Crippen LogP contribution in [0.2, 0.25) is 5.02 Å². The third-order valence-corrected chi connectivity index (χ3v) is 4.15. The predicted octanol–water partition coefficient (Wildman–Crippen LogP) is 4.54. The van der Waals surface area contributed by atoms with E-state index in [-0.39, 0.29) is 22.3 Å². The first-order valence-corrected chi connectivity index (χ1v) is 8.89. The van der Waals surface area contributed by atoms with Crippen LogP contribution in [-0.4, -0.2) is 24.0 Å². The Hall–Kier alpha value is -2.80. The maximum atomic E-state index is 12.5. The quantitative estimate of drug-likeness (QED) is 0.526. The molecule has 0 aliphatic rings. The van der Waals surface area contributed by atoms with Gasteiger partial charge in [-0.05, 0) is 44.5 Å². The SMILES string of the molecule is CCOc1ccc([C@@H](C)NC(=O)c2cc([N+](=O)[O-])ccc2Cl)cc1OCC. The second-order valence-corrected chi connectivity index (χ2v) is 6.10. The summed E-state index contributed by atoms with van der Waals surface area (Å²) in [7, 11) is 0. The molecule has 0 saturated carbocycles. The number of nitro benzene ring substituents is 1. The lowest BCUT2D eigenvalue weighted by molar-refractivity contribution is -0.384. The fourth-order valence-electron chi connectivity index (χ4n) is 2.50. The highest BCUT2D eigenvalue weighted by Crippen LogP contribution is 2.31. The molecule has 0 saturated heterocycles. The summed E-state index contributed by atoms with van der Waals surface area (Å²) in [6.45, 7) is 6.55. The number of halogens is 1. The molecule has 1 amide bonds. The van der Waals surface area contributed by atoms with Gasteiger partial charge in [-0.3, -0.25) is 14.9 Å². The van der Waals surface area contributed by atoms with Crippen molar-refractivity contribution >= 4 is 23.2 Å². The van der Waals surface area contributed by atoms with Crippen molar-refractivity contribution in [1.29, 1.82) is 0 Å². The first kappa shape index (κ1) is 20.5. The maximum Gasteiger partial charge on any atom is 0.270 e. The van der Waals surface area contributed by atoms with Gasteiger partial charge in [-0.2, -0.15) is 0 Å². The summed E-state index contributed by atoms with van der Waals surface area (Å²) in [5.74, 6) is 0.720. The number of nitrogens with zero attached hydrogens (tertiary/aromatic N) is 1. The van der Waals surface area contributed by atoms with Crippen LogP contribution in [0.4, 0.5) is 5.69 Å². The van der Waals surface area contributed by atoms with E-state index >= 15 is 0 Å². The van der Waals surface area contributed by atoms with Crippen LogP contribution >= 0.6 is 11.6 Å². The lowest BCUT2D eigenvalue weighted by Gasteiger charge is -2.18. The van der Waals surface area contributed by atoms with Crippen LogP contribution in [0.25, 0.3) is 0 Å². The van der Waals surface area contributed by atoms with Gasteiger partial charge in [0.1, 0.15) is 0 Å². The van der Waals surface area contributed by atoms with Crippen molar-refractivity contribution in [2.75, 3.05) is 13.2 Å². The van der Waals surface area contributed by atoms with Gasteiger partial charge in [0.2, 0.25) is 0 Å². The lowest BCUT2D eigenvalue weighted by Crippen LogP contribution is -2.27. The number of rotatable bonds is 8. The Morgan fingerprint density at radius 3 is 2.44 bits per heavy atom. The van der Waals surface area contributed by atoms with Crippen LogP contribution in [0.15, 0.2) is 36.4 Å². The van der Waals surface area contributed by atoms with Crippen molar-refractivity contribution in [1.82, 2.24) is 5.32 Å². The summed E-state index contributed by atoms with van der Waals surface area (Å²) in [5, 5.41) is 13.9. The Kier molecular flexibility index (Phi) is 7.01. The topological polar surface area (TPSA) is 90.7 Å². The van der Waals surface area contributed by atoms with E-state index in [0.717, 1.165) is 11.6 Å². The van der Waals surface area contributed by atoms with Crippen LogP contribution in [0.1, 0.15) is 42.7 Å². The Morgan fingerprint density at radius 1 is 1.15 bits per heavy atom. The molecule has 0 aliphatic heterocycles. The van der Waals surface area contributed by atoms with E-state index in [1.54, 1.807) is 19.1 Å². The van der Waals surface area contributed by atoms with Crippen LogP contribution in [0.3, 0.4) is 0 Å². The van der Waals surface area contributed by atoms with Crippen molar-refractivity contribution in [3.63, 3.8) is 0 Å². The molecule has 0 fully saturated rings. The van der Waals surface area contributed by atoms with Gasteiger partial charge in [-0.15, -0.1) is 0 Å². The van der Waals surface area contributed by atoms with Crippen molar-refractivity contribution in [2.24, 2.45) is 0 Å². The minimum Gasteiger partial charge on any atom is -0.490 e. The molecule has 1 atom stereocenters. The first-order chi connectivity index (χ1) is 12.9. The number of hydrogen-bond donors (Lipinski definition) is 1. The van der Waals surface area contributed by atoms with Crippen LogP contribution < -0.4 is 14.8 Å². The zero-order valence-electron chi connectivity index (χ0n) is 15.3. The molecular weight excluding hydrogens is 372 g/mol. The smallest absolute Gasteiger partial charge is 0.270 e. The molecule has 0 bridgehead atoms. The number of nitro groups is 1. The molecule has 7 nitrogen and oxygen atoms in total. The minimum absolute atomic E-state index is 0.0497. The fraction of sp³-hybridized carbons (Fsp3) is 0.316. The van der Waals surface area contributed by atoms with Crippen LogP contribution in [0, 0.1) is 10.1 Å². The first-order valence-electron chi connectivity index (χ1n) is 8.51. The summed E-state index contributed by atoms with van der Waals surface area (Å²) in [6, 6.07) is 8.79. The highest BCUT2D eigenvalue weighted by Gasteiger charge is 2.19. The van der Waals surface area contributed by atoms with Gasteiger partial charge in [0.05, 0.1) is 34.8 Å². The minimum atomic E-state index is -0.572. The van der Waals surface area contributed by atoms with Gasteiger partial charge in [0.25, 0.3) is 11.6 Å². The molecule has 2 rings (SSSR count). The highest BCUT2D eigenvalue weighted by molar-refractivity contribution is 6.33. The third kappa shape index (κ3) is 5.10. The van der Waals surface area contributed by atoms with Crippen LogP contribution in [-0.2, 0) is 0 Å². The Bertz CT molecular complexity index is 841. The van der Waals surface area contributed by atoms with E-state index < -0.39 is 10.8 Å². The summed E-state index contributed by atoms with van der Waals surface area (Å²) >= 11 is 6.03. The van der Waals surface area contributed by atoms with Gasteiger partial charge in [0, 0.05) is 12.1 Å². The number of carbonyl (C=O) groups excluding carboxylic acids is 1. The van der Waals surface area contributed by atoms with Crippen molar-refractivity contribution < 1.29 is 19.2 Å². The summed E-state index contributed by atoms with van der Waals surface area (Å²) in [5.41, 5.74) is 0.655. The maximum absolute atomic E-state index is 12.5. The van der Waals surface area contributed by atoms with Crippen molar-refractivity contribution in [3.05, 3.63) is 62.7 Å². The number of non-ortho nitro benzene ring substituents is 1. The molecule has 2 aromatic rings. The summed E-state index contributed by atoms with van der Waals surface area (Å²) in [6.07, 6.45) is 0. The van der Waals surface area contributed by atoms with Gasteiger partial charge in [-0.25, -0.2) is 0 Å². The molecule has 2 aromatic carbocycles. The molecule has 0 aromatic heterocycles. The Balaban J connectivity index is 2.22. The summed E-state index contributed by atoms with van der Waals surface area (Å²) in [4.78, 5) is 22.9. The largest absolute Gasteiger partial charge is 0.490 e. The molecule has 0 unspecified atom stereocenters. The normalized spacial score (nSPS) is 11.6. The second kappa shape index (κ2) is 9.23. The zero-order chi connectivity index (χ0) is 20.0. The number of carbonyl (C=O) groups is 1. The number of nitrogens with one attached hydrogen (secondary N) is 1. The average Bonchev–Trinajstić information content (AvgIpc) is 2.63. The molecular formula is C19H21ClN2O5. The van der Waals surface area contributed by atoms with E-state index in [4.69, 9.17) is 21.1 Å². The van der Waals surface area contributed by atoms with E-state index in [0.29, 0.717) is 24.7 Å².